The minimum absolute atomic E-state index is 0.727. The largest absolute Gasteiger partial charge is 0.501 e. The molecule has 2 nitrogen and oxygen atoms in total. The van der Waals surface area contributed by atoms with Gasteiger partial charge in [0.15, 0.2) is 0 Å². The van der Waals surface area contributed by atoms with E-state index in [4.69, 9.17) is 4.74 Å². The van der Waals surface area contributed by atoms with E-state index in [1.807, 2.05) is 13.0 Å². The Morgan fingerprint density at radius 3 is 2.92 bits per heavy atom. The lowest BCUT2D eigenvalue weighted by molar-refractivity contribution is 0.272. The molecule has 0 N–H and O–H groups in total. The maximum atomic E-state index is 5.09. The Morgan fingerprint density at radius 2 is 2.33 bits per heavy atom. The fourth-order valence-corrected chi connectivity index (χ4v) is 0.978. The number of hydrogen-bond acceptors (Lipinski definition) is 1. The molecule has 0 aromatic carbocycles. The molecule has 0 atom stereocenters. The number of ether oxygens (including phenoxy) is 1. The summed E-state index contributed by atoms with van der Waals surface area (Å²) in [5.74, 6) is 0. The van der Waals surface area contributed by atoms with E-state index in [2.05, 4.69) is 30.0 Å². The van der Waals surface area contributed by atoms with Crippen molar-refractivity contribution in [2.45, 2.75) is 20.4 Å². The van der Waals surface area contributed by atoms with Crippen molar-refractivity contribution in [1.82, 2.24) is 4.57 Å². The molecule has 1 rings (SSSR count). The van der Waals surface area contributed by atoms with Crippen LogP contribution in [0.25, 0.3) is 6.08 Å². The number of aromatic nitrogens is 1. The maximum Gasteiger partial charge on any atom is 0.0845 e. The zero-order valence-electron chi connectivity index (χ0n) is 7.66. The van der Waals surface area contributed by atoms with Gasteiger partial charge in [-0.3, -0.25) is 0 Å². The van der Waals surface area contributed by atoms with Crippen LogP contribution >= 0.6 is 0 Å². The smallest absolute Gasteiger partial charge is 0.0845 e. The monoisotopic (exact) mass is 165 g/mol. The van der Waals surface area contributed by atoms with Gasteiger partial charge < -0.3 is 9.30 Å². The van der Waals surface area contributed by atoms with Crippen LogP contribution in [-0.4, -0.2) is 11.2 Å². The summed E-state index contributed by atoms with van der Waals surface area (Å²) in [6.45, 7) is 5.84. The summed E-state index contributed by atoms with van der Waals surface area (Å²) >= 11 is 0. The zero-order valence-corrected chi connectivity index (χ0v) is 7.66. The molecule has 0 fully saturated rings. The van der Waals surface area contributed by atoms with Crippen LogP contribution in [0.2, 0.25) is 0 Å². The van der Waals surface area contributed by atoms with Crippen molar-refractivity contribution in [3.63, 3.8) is 0 Å². The first-order valence-electron chi connectivity index (χ1n) is 4.30. The highest BCUT2D eigenvalue weighted by Gasteiger charge is 1.89. The van der Waals surface area contributed by atoms with E-state index in [9.17, 15) is 0 Å². The number of rotatable bonds is 4. The molecule has 0 saturated carbocycles. The van der Waals surface area contributed by atoms with E-state index >= 15 is 0 Å². The molecule has 2 heteroatoms. The lowest BCUT2D eigenvalue weighted by Crippen LogP contribution is -1.86. The molecular formula is C10H15NO. The van der Waals surface area contributed by atoms with E-state index in [0.29, 0.717) is 0 Å². The molecule has 0 unspecified atom stereocenters. The highest BCUT2D eigenvalue weighted by Crippen LogP contribution is 2.03. The summed E-state index contributed by atoms with van der Waals surface area (Å²) < 4.78 is 7.22. The topological polar surface area (TPSA) is 14.2 Å². The molecule has 0 aliphatic rings. The molecule has 66 valence electrons. The van der Waals surface area contributed by atoms with E-state index in [-0.39, 0.29) is 0 Å². The second-order valence-electron chi connectivity index (χ2n) is 2.53. The summed E-state index contributed by atoms with van der Waals surface area (Å²) in [6, 6.07) is 2.07. The average molecular weight is 165 g/mol. The Kier molecular flexibility index (Phi) is 3.45. The minimum Gasteiger partial charge on any atom is -0.501 e. The van der Waals surface area contributed by atoms with Crippen LogP contribution in [-0.2, 0) is 11.3 Å². The van der Waals surface area contributed by atoms with Crippen LogP contribution in [0.5, 0.6) is 0 Å². The normalized spacial score (nSPS) is 10.8. The van der Waals surface area contributed by atoms with Crippen molar-refractivity contribution in [3.05, 3.63) is 30.3 Å². The maximum absolute atomic E-state index is 5.09. The van der Waals surface area contributed by atoms with E-state index in [1.165, 1.54) is 5.56 Å². The second-order valence-corrected chi connectivity index (χ2v) is 2.53. The first-order valence-corrected chi connectivity index (χ1v) is 4.30. The highest BCUT2D eigenvalue weighted by molar-refractivity contribution is 5.46. The van der Waals surface area contributed by atoms with Crippen molar-refractivity contribution in [2.75, 3.05) is 6.61 Å². The molecule has 1 aromatic rings. The van der Waals surface area contributed by atoms with Crippen molar-refractivity contribution >= 4 is 6.08 Å². The van der Waals surface area contributed by atoms with Crippen LogP contribution in [0.15, 0.2) is 24.7 Å². The minimum atomic E-state index is 0.727. The zero-order chi connectivity index (χ0) is 8.81. The molecule has 0 amide bonds. The van der Waals surface area contributed by atoms with Gasteiger partial charge in [-0.1, -0.05) is 0 Å². The van der Waals surface area contributed by atoms with E-state index in [0.717, 1.165) is 13.2 Å². The van der Waals surface area contributed by atoms with Gasteiger partial charge in [-0.25, -0.2) is 0 Å². The van der Waals surface area contributed by atoms with E-state index < -0.39 is 0 Å². The number of nitrogens with zero attached hydrogens (tertiary/aromatic N) is 1. The molecule has 0 aliphatic carbocycles. The van der Waals surface area contributed by atoms with Crippen LogP contribution in [0, 0.1) is 0 Å². The Hall–Kier alpha value is -1.18. The predicted octanol–water partition coefficient (Wildman–Crippen LogP) is 2.52. The predicted molar refractivity (Wildman–Crippen MR) is 50.8 cm³/mol. The van der Waals surface area contributed by atoms with Crippen molar-refractivity contribution in [3.8, 4) is 0 Å². The molecular weight excluding hydrogens is 150 g/mol. The Morgan fingerprint density at radius 1 is 1.50 bits per heavy atom. The lowest BCUT2D eigenvalue weighted by atomic mass is 10.3. The van der Waals surface area contributed by atoms with Crippen molar-refractivity contribution in [1.29, 1.82) is 0 Å². The highest BCUT2D eigenvalue weighted by atomic mass is 16.5. The third kappa shape index (κ3) is 2.46. The van der Waals surface area contributed by atoms with Gasteiger partial charge >= 0.3 is 0 Å². The third-order valence-corrected chi connectivity index (χ3v) is 1.66. The van der Waals surface area contributed by atoms with E-state index in [1.54, 1.807) is 6.26 Å². The van der Waals surface area contributed by atoms with Gasteiger partial charge in [0.05, 0.1) is 12.9 Å². The van der Waals surface area contributed by atoms with Gasteiger partial charge in [0.25, 0.3) is 0 Å². The quantitative estimate of drug-likeness (QED) is 0.625. The van der Waals surface area contributed by atoms with Gasteiger partial charge in [0, 0.05) is 18.9 Å². The van der Waals surface area contributed by atoms with Crippen LogP contribution in [0.1, 0.15) is 19.4 Å². The fraction of sp³-hybridized carbons (Fsp3) is 0.400. The molecule has 0 saturated heterocycles. The van der Waals surface area contributed by atoms with Gasteiger partial charge in [-0.05, 0) is 31.6 Å². The first kappa shape index (κ1) is 8.91. The van der Waals surface area contributed by atoms with Gasteiger partial charge in [0.2, 0.25) is 0 Å². The van der Waals surface area contributed by atoms with Crippen LogP contribution in [0.3, 0.4) is 0 Å². The molecule has 0 aliphatic heterocycles. The lowest BCUT2D eigenvalue weighted by Gasteiger charge is -1.92. The first-order chi connectivity index (χ1) is 5.86. The fourth-order valence-electron chi connectivity index (χ4n) is 0.978. The van der Waals surface area contributed by atoms with Crippen LogP contribution in [0.4, 0.5) is 0 Å². The molecule has 12 heavy (non-hydrogen) atoms. The van der Waals surface area contributed by atoms with Crippen molar-refractivity contribution < 1.29 is 4.74 Å². The molecule has 0 radical (unpaired) electrons. The van der Waals surface area contributed by atoms with Crippen LogP contribution < -0.4 is 0 Å². The third-order valence-electron chi connectivity index (χ3n) is 1.66. The molecule has 1 aromatic heterocycles. The summed E-state index contributed by atoms with van der Waals surface area (Å²) in [5.41, 5.74) is 1.19. The summed E-state index contributed by atoms with van der Waals surface area (Å²) in [4.78, 5) is 0. The second kappa shape index (κ2) is 4.65. The summed E-state index contributed by atoms with van der Waals surface area (Å²) in [6.07, 6.45) is 7.85. The summed E-state index contributed by atoms with van der Waals surface area (Å²) in [7, 11) is 0. The summed E-state index contributed by atoms with van der Waals surface area (Å²) in [5, 5.41) is 0. The van der Waals surface area contributed by atoms with Gasteiger partial charge in [-0.15, -0.1) is 0 Å². The molecule has 0 spiro atoms. The molecule has 1 heterocycles. The van der Waals surface area contributed by atoms with Crippen molar-refractivity contribution in [2.24, 2.45) is 0 Å². The number of aryl methyl sites for hydroxylation is 1. The average Bonchev–Trinajstić information content (AvgIpc) is 2.53. The Labute approximate surface area is 73.5 Å². The Bertz CT molecular complexity index is 250. The number of hydrogen-bond donors (Lipinski definition) is 0. The van der Waals surface area contributed by atoms with Gasteiger partial charge in [-0.2, -0.15) is 0 Å². The SMILES string of the molecule is CCO/C=C/c1ccn(CC)c1. The molecule has 0 bridgehead atoms. The standard InChI is InChI=1S/C10H15NO/c1-3-11-7-5-10(9-11)6-8-12-4-2/h5-9H,3-4H2,1-2H3/b8-6+. The Balaban J connectivity index is 2.51. The van der Waals surface area contributed by atoms with Gasteiger partial charge in [0.1, 0.15) is 0 Å².